The first-order valence-corrected chi connectivity index (χ1v) is 11.2. The van der Waals surface area contributed by atoms with E-state index >= 15 is 0 Å². The Morgan fingerprint density at radius 1 is 1.13 bits per heavy atom. The topological polar surface area (TPSA) is 76.0 Å². The standard InChI is InChI=1S/C23H27ClN4O2/c24-19-10-18(1-2-20(19)28-6-5-25-14-28)27-21(29)3-4-26-22(30)23-11-15-7-16(12-23)9-17(8-15)13-23/h1-2,5-6,10,14-17H,3-4,7-9,11-13H2,(H,26,30)(H,27,29). The number of imidazole rings is 1. The van der Waals surface area contributed by atoms with Crippen molar-refractivity contribution in [3.63, 3.8) is 0 Å². The molecule has 30 heavy (non-hydrogen) atoms. The lowest BCUT2D eigenvalue weighted by molar-refractivity contribution is -0.146. The zero-order chi connectivity index (χ0) is 20.7. The summed E-state index contributed by atoms with van der Waals surface area (Å²) in [5.41, 5.74) is 1.28. The Morgan fingerprint density at radius 3 is 2.43 bits per heavy atom. The van der Waals surface area contributed by atoms with Gasteiger partial charge in [-0.25, -0.2) is 4.98 Å². The fourth-order valence-electron chi connectivity index (χ4n) is 6.28. The maximum Gasteiger partial charge on any atom is 0.226 e. The van der Waals surface area contributed by atoms with Gasteiger partial charge in [-0.1, -0.05) is 11.6 Å². The van der Waals surface area contributed by atoms with E-state index in [0.29, 0.717) is 17.3 Å². The third-order valence-corrected chi connectivity index (χ3v) is 7.47. The number of benzene rings is 1. The van der Waals surface area contributed by atoms with E-state index < -0.39 is 0 Å². The van der Waals surface area contributed by atoms with Gasteiger partial charge in [-0.3, -0.25) is 9.59 Å². The first-order chi connectivity index (χ1) is 14.5. The molecule has 0 atom stereocenters. The number of nitrogens with one attached hydrogen (secondary N) is 2. The average molecular weight is 427 g/mol. The molecule has 0 unspecified atom stereocenters. The Bertz CT molecular complexity index is 921. The molecule has 2 amide bonds. The number of anilines is 1. The van der Waals surface area contributed by atoms with Crippen LogP contribution in [0.5, 0.6) is 0 Å². The highest BCUT2D eigenvalue weighted by molar-refractivity contribution is 6.32. The molecule has 1 aromatic heterocycles. The molecule has 158 valence electrons. The minimum Gasteiger partial charge on any atom is -0.355 e. The zero-order valence-corrected chi connectivity index (χ0v) is 17.7. The number of nitrogens with zero attached hydrogens (tertiary/aromatic N) is 2. The fourth-order valence-corrected chi connectivity index (χ4v) is 6.56. The Hall–Kier alpha value is -2.34. The summed E-state index contributed by atoms with van der Waals surface area (Å²) >= 11 is 6.34. The Morgan fingerprint density at radius 2 is 1.83 bits per heavy atom. The van der Waals surface area contributed by atoms with E-state index in [1.807, 2.05) is 22.9 Å². The molecule has 6 rings (SSSR count). The monoisotopic (exact) mass is 426 g/mol. The lowest BCUT2D eigenvalue weighted by Crippen LogP contribution is -2.53. The number of amides is 2. The summed E-state index contributed by atoms with van der Waals surface area (Å²) in [6.45, 7) is 0.368. The minimum atomic E-state index is -0.165. The number of hydrogen-bond donors (Lipinski definition) is 2. The van der Waals surface area contributed by atoms with Gasteiger partial charge in [0.2, 0.25) is 11.8 Å². The summed E-state index contributed by atoms with van der Waals surface area (Å²) in [6.07, 6.45) is 12.5. The van der Waals surface area contributed by atoms with Crippen LogP contribution < -0.4 is 10.6 Å². The van der Waals surface area contributed by atoms with Crippen LogP contribution in [0.25, 0.3) is 5.69 Å². The molecule has 2 N–H and O–H groups in total. The first-order valence-electron chi connectivity index (χ1n) is 10.9. The molecule has 0 radical (unpaired) electrons. The van der Waals surface area contributed by atoms with Crippen molar-refractivity contribution in [1.82, 2.24) is 14.9 Å². The van der Waals surface area contributed by atoms with Gasteiger partial charge >= 0.3 is 0 Å². The van der Waals surface area contributed by atoms with Crippen LogP contribution in [0.15, 0.2) is 36.9 Å². The van der Waals surface area contributed by atoms with Gasteiger partial charge in [-0.2, -0.15) is 0 Å². The van der Waals surface area contributed by atoms with Crippen molar-refractivity contribution < 1.29 is 9.59 Å². The van der Waals surface area contributed by atoms with E-state index in [1.54, 1.807) is 18.6 Å². The third kappa shape index (κ3) is 3.73. The fraction of sp³-hybridized carbons (Fsp3) is 0.522. The number of hydrogen-bond acceptors (Lipinski definition) is 3. The van der Waals surface area contributed by atoms with Crippen LogP contribution in [0.1, 0.15) is 44.9 Å². The van der Waals surface area contributed by atoms with Crippen molar-refractivity contribution >= 4 is 29.1 Å². The van der Waals surface area contributed by atoms with Crippen molar-refractivity contribution in [1.29, 1.82) is 0 Å². The lowest BCUT2D eigenvalue weighted by Gasteiger charge is -2.55. The Kier molecular flexibility index (Phi) is 5.05. The molecule has 4 saturated carbocycles. The van der Waals surface area contributed by atoms with Gasteiger partial charge in [0.1, 0.15) is 0 Å². The van der Waals surface area contributed by atoms with Crippen LogP contribution in [-0.4, -0.2) is 27.9 Å². The number of carbonyl (C=O) groups is 2. The normalized spacial score (nSPS) is 29.0. The van der Waals surface area contributed by atoms with Crippen LogP contribution in [0, 0.1) is 23.2 Å². The van der Waals surface area contributed by atoms with Crippen molar-refractivity contribution in [2.45, 2.75) is 44.9 Å². The molecular weight excluding hydrogens is 400 g/mol. The predicted octanol–water partition coefficient (Wildman–Crippen LogP) is 4.19. The largest absolute Gasteiger partial charge is 0.355 e. The SMILES string of the molecule is O=C(CCNC(=O)C12CC3CC(CC(C3)C1)C2)Nc1ccc(-n2ccnc2)c(Cl)c1. The first kappa shape index (κ1) is 19.6. The molecule has 4 aliphatic carbocycles. The van der Waals surface area contributed by atoms with Gasteiger partial charge in [0.25, 0.3) is 0 Å². The summed E-state index contributed by atoms with van der Waals surface area (Å²) in [7, 11) is 0. The van der Waals surface area contributed by atoms with Crippen molar-refractivity contribution in [2.75, 3.05) is 11.9 Å². The molecule has 7 heteroatoms. The smallest absolute Gasteiger partial charge is 0.226 e. The van der Waals surface area contributed by atoms with Gasteiger partial charge < -0.3 is 15.2 Å². The number of carbonyl (C=O) groups excluding carboxylic acids is 2. The lowest BCUT2D eigenvalue weighted by atomic mass is 9.49. The summed E-state index contributed by atoms with van der Waals surface area (Å²) in [4.78, 5) is 29.3. The molecule has 4 aliphatic rings. The molecule has 0 aliphatic heterocycles. The summed E-state index contributed by atoms with van der Waals surface area (Å²) < 4.78 is 1.81. The number of aromatic nitrogens is 2. The highest BCUT2D eigenvalue weighted by Gasteiger charge is 2.54. The second-order valence-corrected chi connectivity index (χ2v) is 9.80. The van der Waals surface area contributed by atoms with Crippen LogP contribution in [0.2, 0.25) is 5.02 Å². The zero-order valence-electron chi connectivity index (χ0n) is 16.9. The van der Waals surface area contributed by atoms with Crippen molar-refractivity contribution in [3.05, 3.63) is 41.9 Å². The van der Waals surface area contributed by atoms with Gasteiger partial charge in [0.15, 0.2) is 0 Å². The predicted molar refractivity (Wildman–Crippen MR) is 115 cm³/mol. The van der Waals surface area contributed by atoms with E-state index in [9.17, 15) is 9.59 Å². The summed E-state index contributed by atoms with van der Waals surface area (Å²) in [5.74, 6) is 2.25. The third-order valence-electron chi connectivity index (χ3n) is 7.17. The van der Waals surface area contributed by atoms with Crippen LogP contribution in [-0.2, 0) is 9.59 Å². The Balaban J connectivity index is 1.13. The second-order valence-electron chi connectivity index (χ2n) is 9.39. The van der Waals surface area contributed by atoms with E-state index in [-0.39, 0.29) is 23.7 Å². The molecular formula is C23H27ClN4O2. The van der Waals surface area contributed by atoms with E-state index in [0.717, 1.165) is 42.7 Å². The maximum atomic E-state index is 13.0. The molecule has 2 aromatic rings. The highest BCUT2D eigenvalue weighted by Crippen LogP contribution is 2.60. The van der Waals surface area contributed by atoms with Crippen LogP contribution in [0.4, 0.5) is 5.69 Å². The molecule has 6 nitrogen and oxygen atoms in total. The van der Waals surface area contributed by atoms with Gasteiger partial charge in [-0.05, 0) is 74.5 Å². The van der Waals surface area contributed by atoms with E-state index in [2.05, 4.69) is 15.6 Å². The molecule has 0 spiro atoms. The Labute approximate surface area is 181 Å². The van der Waals surface area contributed by atoms with Crippen molar-refractivity contribution in [3.8, 4) is 5.69 Å². The van der Waals surface area contributed by atoms with E-state index in [4.69, 9.17) is 11.6 Å². The molecule has 4 fully saturated rings. The van der Waals surface area contributed by atoms with E-state index in [1.165, 1.54) is 19.3 Å². The molecule has 1 heterocycles. The second kappa shape index (κ2) is 7.73. The molecule has 0 saturated heterocycles. The number of rotatable bonds is 6. The average Bonchev–Trinajstić information content (AvgIpc) is 3.21. The van der Waals surface area contributed by atoms with Gasteiger partial charge in [-0.15, -0.1) is 0 Å². The van der Waals surface area contributed by atoms with Gasteiger partial charge in [0, 0.05) is 36.5 Å². The highest BCUT2D eigenvalue weighted by atomic mass is 35.5. The summed E-state index contributed by atoms with van der Waals surface area (Å²) in [5, 5.41) is 6.45. The van der Waals surface area contributed by atoms with Crippen molar-refractivity contribution in [2.24, 2.45) is 23.2 Å². The molecule has 4 bridgehead atoms. The maximum absolute atomic E-state index is 13.0. The molecule has 1 aromatic carbocycles. The van der Waals surface area contributed by atoms with Crippen LogP contribution in [0.3, 0.4) is 0 Å². The van der Waals surface area contributed by atoms with Gasteiger partial charge in [0.05, 0.1) is 17.0 Å². The number of halogens is 1. The minimum absolute atomic E-state index is 0.132. The quantitative estimate of drug-likeness (QED) is 0.727. The summed E-state index contributed by atoms with van der Waals surface area (Å²) in [6, 6.07) is 5.38. The van der Waals surface area contributed by atoms with Crippen LogP contribution >= 0.6 is 11.6 Å².